The van der Waals surface area contributed by atoms with Crippen molar-refractivity contribution in [2.75, 3.05) is 25.5 Å². The van der Waals surface area contributed by atoms with Gasteiger partial charge in [0.15, 0.2) is 13.2 Å². The van der Waals surface area contributed by atoms with Crippen molar-refractivity contribution >= 4 is 35.2 Å². The molecule has 0 atom stereocenters. The molecular weight excluding hydrogens is 374 g/mol. The number of thioether (sulfide) groups is 1. The molecule has 0 heterocycles. The van der Waals surface area contributed by atoms with Gasteiger partial charge in [0.25, 0.3) is 5.91 Å². The van der Waals surface area contributed by atoms with Gasteiger partial charge in [-0.15, -0.1) is 11.8 Å². The summed E-state index contributed by atoms with van der Waals surface area (Å²) >= 11 is 7.50. The smallest absolute Gasteiger partial charge is 0.344 e. The van der Waals surface area contributed by atoms with E-state index < -0.39 is 5.97 Å². The Morgan fingerprint density at radius 2 is 1.88 bits per heavy atom. The average Bonchev–Trinajstić information content (AvgIpc) is 2.63. The van der Waals surface area contributed by atoms with Gasteiger partial charge >= 0.3 is 5.97 Å². The highest BCUT2D eigenvalue weighted by molar-refractivity contribution is 7.99. The molecule has 0 unspecified atom stereocenters. The maximum atomic E-state index is 11.7. The minimum atomic E-state index is -0.604. The minimum absolute atomic E-state index is 0.264. The van der Waals surface area contributed by atoms with E-state index in [0.717, 1.165) is 16.2 Å². The van der Waals surface area contributed by atoms with Crippen LogP contribution in [0.1, 0.15) is 5.56 Å². The number of halogens is 1. The van der Waals surface area contributed by atoms with Crippen LogP contribution < -0.4 is 10.1 Å². The monoisotopic (exact) mass is 393 g/mol. The van der Waals surface area contributed by atoms with Crippen LogP contribution in [-0.2, 0) is 14.3 Å². The SMILES string of the molecule is Cc1cc(Cl)ccc1OCC(=O)OCC(=O)NCCSc1ccccc1. The molecule has 7 heteroatoms. The predicted molar refractivity (Wildman–Crippen MR) is 103 cm³/mol. The predicted octanol–water partition coefficient (Wildman–Crippen LogP) is 3.48. The maximum Gasteiger partial charge on any atom is 0.344 e. The number of hydrogen-bond acceptors (Lipinski definition) is 5. The first-order chi connectivity index (χ1) is 12.5. The Morgan fingerprint density at radius 3 is 2.62 bits per heavy atom. The lowest BCUT2D eigenvalue weighted by Gasteiger charge is -2.09. The second-order valence-electron chi connectivity index (χ2n) is 5.37. The van der Waals surface area contributed by atoms with Crippen molar-refractivity contribution in [3.8, 4) is 5.75 Å². The van der Waals surface area contributed by atoms with Crippen molar-refractivity contribution in [3.05, 3.63) is 59.1 Å². The van der Waals surface area contributed by atoms with Gasteiger partial charge < -0.3 is 14.8 Å². The fourth-order valence-electron chi connectivity index (χ4n) is 2.03. The van der Waals surface area contributed by atoms with E-state index >= 15 is 0 Å². The summed E-state index contributed by atoms with van der Waals surface area (Å²) in [6.45, 7) is 1.74. The first-order valence-electron chi connectivity index (χ1n) is 8.04. The molecule has 0 aliphatic carbocycles. The maximum absolute atomic E-state index is 11.7. The van der Waals surface area contributed by atoms with Gasteiger partial charge in [0.1, 0.15) is 5.75 Å². The number of esters is 1. The van der Waals surface area contributed by atoms with Gasteiger partial charge in [-0.05, 0) is 42.8 Å². The zero-order valence-corrected chi connectivity index (χ0v) is 15.9. The van der Waals surface area contributed by atoms with E-state index in [0.29, 0.717) is 17.3 Å². The molecular formula is C19H20ClNO4S. The summed E-state index contributed by atoms with van der Waals surface area (Å²) in [5.41, 5.74) is 0.818. The molecule has 0 saturated carbocycles. The van der Waals surface area contributed by atoms with Crippen molar-refractivity contribution in [1.29, 1.82) is 0 Å². The largest absolute Gasteiger partial charge is 0.482 e. The van der Waals surface area contributed by atoms with Gasteiger partial charge in [0.05, 0.1) is 0 Å². The Labute approximate surface area is 162 Å². The normalized spacial score (nSPS) is 10.2. The fourth-order valence-corrected chi connectivity index (χ4v) is 3.04. The Hall–Kier alpha value is -2.18. The molecule has 0 radical (unpaired) electrons. The van der Waals surface area contributed by atoms with E-state index in [4.69, 9.17) is 21.1 Å². The van der Waals surface area contributed by atoms with Crippen molar-refractivity contribution in [3.63, 3.8) is 0 Å². The van der Waals surface area contributed by atoms with Gasteiger partial charge in [-0.1, -0.05) is 29.8 Å². The molecule has 0 spiro atoms. The lowest BCUT2D eigenvalue weighted by molar-refractivity contribution is -0.150. The van der Waals surface area contributed by atoms with Gasteiger partial charge in [-0.25, -0.2) is 4.79 Å². The van der Waals surface area contributed by atoms with Crippen LogP contribution in [0.15, 0.2) is 53.4 Å². The number of carbonyl (C=O) groups excluding carboxylic acids is 2. The Balaban J connectivity index is 1.58. The van der Waals surface area contributed by atoms with Crippen molar-refractivity contribution in [2.45, 2.75) is 11.8 Å². The van der Waals surface area contributed by atoms with E-state index in [1.54, 1.807) is 30.0 Å². The standard InChI is InChI=1S/C19H20ClNO4S/c1-14-11-15(20)7-8-17(14)24-13-19(23)25-12-18(22)21-9-10-26-16-5-3-2-4-6-16/h2-8,11H,9-10,12-13H2,1H3,(H,21,22). The summed E-state index contributed by atoms with van der Waals surface area (Å²) in [5.74, 6) is 0.347. The number of rotatable bonds is 9. The number of carbonyl (C=O) groups is 2. The van der Waals surface area contributed by atoms with E-state index in [2.05, 4.69) is 5.32 Å². The van der Waals surface area contributed by atoms with Crippen molar-refractivity contribution < 1.29 is 19.1 Å². The number of aryl methyl sites for hydroxylation is 1. The zero-order chi connectivity index (χ0) is 18.8. The number of hydrogen-bond donors (Lipinski definition) is 1. The molecule has 2 aromatic carbocycles. The highest BCUT2D eigenvalue weighted by Crippen LogP contribution is 2.21. The molecule has 138 valence electrons. The first-order valence-corrected chi connectivity index (χ1v) is 9.40. The van der Waals surface area contributed by atoms with Crippen LogP contribution in [0, 0.1) is 6.92 Å². The van der Waals surface area contributed by atoms with E-state index in [9.17, 15) is 9.59 Å². The molecule has 1 amide bonds. The fraction of sp³-hybridized carbons (Fsp3) is 0.263. The van der Waals surface area contributed by atoms with Crippen LogP contribution in [0.2, 0.25) is 5.02 Å². The van der Waals surface area contributed by atoms with E-state index in [-0.39, 0.29) is 19.1 Å². The van der Waals surface area contributed by atoms with Gasteiger partial charge in [0.2, 0.25) is 0 Å². The summed E-state index contributed by atoms with van der Waals surface area (Å²) in [4.78, 5) is 24.5. The summed E-state index contributed by atoms with van der Waals surface area (Å²) in [5, 5.41) is 3.30. The van der Waals surface area contributed by atoms with Crippen molar-refractivity contribution in [1.82, 2.24) is 5.32 Å². The quantitative estimate of drug-likeness (QED) is 0.401. The van der Waals surface area contributed by atoms with Crippen LogP contribution in [0.4, 0.5) is 0 Å². The Kier molecular flexibility index (Phi) is 8.31. The number of amides is 1. The van der Waals surface area contributed by atoms with E-state index in [1.165, 1.54) is 0 Å². The molecule has 0 fully saturated rings. The van der Waals surface area contributed by atoms with Crippen LogP contribution >= 0.6 is 23.4 Å². The topological polar surface area (TPSA) is 64.6 Å². The number of ether oxygens (including phenoxy) is 2. The van der Waals surface area contributed by atoms with Crippen LogP contribution in [0.3, 0.4) is 0 Å². The van der Waals surface area contributed by atoms with E-state index in [1.807, 2.05) is 37.3 Å². The molecule has 0 bridgehead atoms. The Bertz CT molecular complexity index is 740. The molecule has 0 aliphatic heterocycles. The first kappa shape index (κ1) is 20.1. The molecule has 2 rings (SSSR count). The van der Waals surface area contributed by atoms with Crippen LogP contribution in [-0.4, -0.2) is 37.4 Å². The molecule has 1 N–H and O–H groups in total. The third kappa shape index (κ3) is 7.37. The average molecular weight is 394 g/mol. The minimum Gasteiger partial charge on any atom is -0.482 e. The summed E-state index contributed by atoms with van der Waals surface area (Å²) in [7, 11) is 0. The highest BCUT2D eigenvalue weighted by Gasteiger charge is 2.09. The number of nitrogens with one attached hydrogen (secondary N) is 1. The third-order valence-corrected chi connectivity index (χ3v) is 4.53. The molecule has 0 aliphatic rings. The van der Waals surface area contributed by atoms with Gasteiger partial charge in [0, 0.05) is 22.2 Å². The van der Waals surface area contributed by atoms with Crippen molar-refractivity contribution in [2.24, 2.45) is 0 Å². The summed E-state index contributed by atoms with van der Waals surface area (Å²) in [6, 6.07) is 15.0. The van der Waals surface area contributed by atoms with Gasteiger partial charge in [-0.3, -0.25) is 4.79 Å². The summed E-state index contributed by atoms with van der Waals surface area (Å²) < 4.78 is 10.3. The third-order valence-electron chi connectivity index (χ3n) is 3.28. The second kappa shape index (κ2) is 10.7. The second-order valence-corrected chi connectivity index (χ2v) is 6.98. The molecule has 0 saturated heterocycles. The summed E-state index contributed by atoms with van der Waals surface area (Å²) in [6.07, 6.45) is 0. The number of benzene rings is 2. The van der Waals surface area contributed by atoms with Crippen LogP contribution in [0.5, 0.6) is 5.75 Å². The lowest BCUT2D eigenvalue weighted by atomic mass is 10.2. The molecule has 2 aromatic rings. The van der Waals surface area contributed by atoms with Crippen LogP contribution in [0.25, 0.3) is 0 Å². The highest BCUT2D eigenvalue weighted by atomic mass is 35.5. The van der Waals surface area contributed by atoms with Gasteiger partial charge in [-0.2, -0.15) is 0 Å². The lowest BCUT2D eigenvalue weighted by Crippen LogP contribution is -2.31. The molecule has 26 heavy (non-hydrogen) atoms. The molecule has 5 nitrogen and oxygen atoms in total. The Morgan fingerprint density at radius 1 is 1.12 bits per heavy atom. The zero-order valence-electron chi connectivity index (χ0n) is 14.4. The molecule has 0 aromatic heterocycles.